The Balaban J connectivity index is 1.42. The average Bonchev–Trinajstić information content (AvgIpc) is 3.34. The van der Waals surface area contributed by atoms with Crippen LogP contribution < -0.4 is 10.6 Å². The number of esters is 1. The van der Waals surface area contributed by atoms with Gasteiger partial charge in [-0.15, -0.1) is 11.3 Å². The van der Waals surface area contributed by atoms with E-state index in [4.69, 9.17) is 16.3 Å². The van der Waals surface area contributed by atoms with Gasteiger partial charge in [-0.2, -0.15) is 5.10 Å². The Morgan fingerprint density at radius 2 is 1.73 bits per heavy atom. The lowest BCUT2D eigenvalue weighted by Gasteiger charge is -2.07. The molecule has 4 rings (SSSR count). The predicted molar refractivity (Wildman–Crippen MR) is 128 cm³/mol. The maximum absolute atomic E-state index is 12.6. The van der Waals surface area contributed by atoms with E-state index in [9.17, 15) is 14.4 Å². The standard InChI is InChI=1S/C23H19ClN4O4S/c1-13-17-11-20(33-22(17)28(27-13)19-6-4-3-5-18(19)24)23(31)32-12-21(30)26-16-9-7-15(8-10-16)25-14(2)29/h3-11H,12H2,1-2H3,(H,25,29)(H,26,30). The lowest BCUT2D eigenvalue weighted by Crippen LogP contribution is -2.20. The minimum atomic E-state index is -0.600. The largest absolute Gasteiger partial charge is 0.451 e. The first-order valence-corrected chi connectivity index (χ1v) is 11.1. The van der Waals surface area contributed by atoms with E-state index in [0.29, 0.717) is 27.0 Å². The number of hydrogen-bond donors (Lipinski definition) is 2. The van der Waals surface area contributed by atoms with Crippen molar-refractivity contribution in [3.63, 3.8) is 0 Å². The highest BCUT2D eigenvalue weighted by molar-refractivity contribution is 7.20. The Labute approximate surface area is 198 Å². The van der Waals surface area contributed by atoms with Gasteiger partial charge in [0.15, 0.2) is 6.61 Å². The van der Waals surface area contributed by atoms with Gasteiger partial charge in [0, 0.05) is 23.7 Å². The molecule has 4 aromatic rings. The van der Waals surface area contributed by atoms with Crippen LogP contribution in [0.2, 0.25) is 5.02 Å². The van der Waals surface area contributed by atoms with Crippen LogP contribution in [0, 0.1) is 6.92 Å². The zero-order chi connectivity index (χ0) is 23.5. The summed E-state index contributed by atoms with van der Waals surface area (Å²) in [6, 6.07) is 15.6. The number of fused-ring (bicyclic) bond motifs is 1. The van der Waals surface area contributed by atoms with Gasteiger partial charge in [0.1, 0.15) is 9.71 Å². The third kappa shape index (κ3) is 5.05. The molecule has 0 atom stereocenters. The summed E-state index contributed by atoms with van der Waals surface area (Å²) in [6.07, 6.45) is 0. The number of benzene rings is 2. The van der Waals surface area contributed by atoms with Crippen molar-refractivity contribution in [2.24, 2.45) is 0 Å². The van der Waals surface area contributed by atoms with Gasteiger partial charge in [0.25, 0.3) is 5.91 Å². The maximum atomic E-state index is 12.6. The highest BCUT2D eigenvalue weighted by Crippen LogP contribution is 2.32. The van der Waals surface area contributed by atoms with Crippen molar-refractivity contribution in [2.75, 3.05) is 17.2 Å². The van der Waals surface area contributed by atoms with Gasteiger partial charge >= 0.3 is 5.97 Å². The van der Waals surface area contributed by atoms with Gasteiger partial charge in [-0.05, 0) is 49.4 Å². The number of ether oxygens (including phenoxy) is 1. The Morgan fingerprint density at radius 3 is 2.39 bits per heavy atom. The number of aryl methyl sites for hydroxylation is 1. The molecule has 2 heterocycles. The molecule has 0 fully saturated rings. The van der Waals surface area contributed by atoms with Crippen molar-refractivity contribution in [1.29, 1.82) is 0 Å². The molecule has 0 saturated heterocycles. The first kappa shape index (κ1) is 22.5. The summed E-state index contributed by atoms with van der Waals surface area (Å²) in [6.45, 7) is 2.83. The summed E-state index contributed by atoms with van der Waals surface area (Å²) in [5, 5.41) is 11.2. The van der Waals surface area contributed by atoms with Crippen LogP contribution in [-0.2, 0) is 14.3 Å². The van der Waals surface area contributed by atoms with Gasteiger partial charge in [-0.1, -0.05) is 23.7 Å². The number of hydrogen-bond acceptors (Lipinski definition) is 6. The molecule has 0 aliphatic heterocycles. The molecule has 0 spiro atoms. The number of nitrogens with zero attached hydrogens (tertiary/aromatic N) is 2. The number of rotatable bonds is 6. The molecule has 0 bridgehead atoms. The summed E-state index contributed by atoms with van der Waals surface area (Å²) >= 11 is 7.53. The van der Waals surface area contributed by atoms with Crippen molar-refractivity contribution in [3.05, 3.63) is 70.2 Å². The number of carbonyl (C=O) groups excluding carboxylic acids is 3. The number of nitrogens with one attached hydrogen (secondary N) is 2. The van der Waals surface area contributed by atoms with Gasteiger partial charge in [-0.25, -0.2) is 9.48 Å². The third-order valence-electron chi connectivity index (χ3n) is 4.65. The zero-order valence-corrected chi connectivity index (χ0v) is 19.3. The Morgan fingerprint density at radius 1 is 1.06 bits per heavy atom. The van der Waals surface area contributed by atoms with Crippen LogP contribution in [-0.4, -0.2) is 34.2 Å². The van der Waals surface area contributed by atoms with Gasteiger partial charge in [-0.3, -0.25) is 9.59 Å². The Bertz CT molecular complexity index is 1360. The number of anilines is 2. The van der Waals surface area contributed by atoms with Crippen molar-refractivity contribution in [2.45, 2.75) is 13.8 Å². The molecule has 2 aromatic heterocycles. The van der Waals surface area contributed by atoms with E-state index in [1.54, 1.807) is 41.1 Å². The van der Waals surface area contributed by atoms with E-state index in [2.05, 4.69) is 15.7 Å². The topological polar surface area (TPSA) is 102 Å². The Hall–Kier alpha value is -3.69. The van der Waals surface area contributed by atoms with E-state index in [0.717, 1.165) is 15.9 Å². The van der Waals surface area contributed by atoms with E-state index < -0.39 is 18.5 Å². The maximum Gasteiger partial charge on any atom is 0.348 e. The molecule has 2 amide bonds. The van der Waals surface area contributed by atoms with Crippen LogP contribution in [0.15, 0.2) is 54.6 Å². The molecule has 168 valence electrons. The molecule has 2 N–H and O–H groups in total. The monoisotopic (exact) mass is 482 g/mol. The van der Waals surface area contributed by atoms with E-state index in [-0.39, 0.29) is 5.91 Å². The lowest BCUT2D eigenvalue weighted by molar-refractivity contribution is -0.119. The predicted octanol–water partition coefficient (Wildman–Crippen LogP) is 4.80. The minimum Gasteiger partial charge on any atom is -0.451 e. The van der Waals surface area contributed by atoms with Gasteiger partial charge in [0.2, 0.25) is 5.91 Å². The summed E-state index contributed by atoms with van der Waals surface area (Å²) in [5.41, 5.74) is 2.59. The number of aromatic nitrogens is 2. The van der Waals surface area contributed by atoms with E-state index in [1.165, 1.54) is 18.3 Å². The summed E-state index contributed by atoms with van der Waals surface area (Å²) in [4.78, 5) is 36.9. The fourth-order valence-corrected chi connectivity index (χ4v) is 4.46. The second kappa shape index (κ2) is 9.43. The smallest absolute Gasteiger partial charge is 0.348 e. The van der Waals surface area contributed by atoms with Crippen LogP contribution >= 0.6 is 22.9 Å². The van der Waals surface area contributed by atoms with E-state index in [1.807, 2.05) is 25.1 Å². The molecular formula is C23H19ClN4O4S. The van der Waals surface area contributed by atoms with Crippen LogP contribution in [0.1, 0.15) is 22.3 Å². The summed E-state index contributed by atoms with van der Waals surface area (Å²) in [5.74, 6) is -1.26. The lowest BCUT2D eigenvalue weighted by atomic mass is 10.2. The van der Waals surface area contributed by atoms with Crippen LogP contribution in [0.4, 0.5) is 11.4 Å². The summed E-state index contributed by atoms with van der Waals surface area (Å²) < 4.78 is 6.89. The van der Waals surface area contributed by atoms with Crippen molar-refractivity contribution < 1.29 is 19.1 Å². The van der Waals surface area contributed by atoms with Gasteiger partial charge in [0.05, 0.1) is 16.4 Å². The first-order valence-electron chi connectivity index (χ1n) is 9.90. The molecule has 0 aliphatic carbocycles. The van der Waals surface area contributed by atoms with Crippen LogP contribution in [0.5, 0.6) is 0 Å². The Kier molecular flexibility index (Phi) is 6.43. The zero-order valence-electron chi connectivity index (χ0n) is 17.7. The first-order chi connectivity index (χ1) is 15.8. The van der Waals surface area contributed by atoms with Crippen molar-refractivity contribution in [3.8, 4) is 5.69 Å². The quantitative estimate of drug-likeness (QED) is 0.384. The fraction of sp³-hybridized carbons (Fsp3) is 0.130. The average molecular weight is 483 g/mol. The highest BCUT2D eigenvalue weighted by Gasteiger charge is 2.19. The molecular weight excluding hydrogens is 464 g/mol. The number of para-hydroxylation sites is 1. The molecule has 10 heteroatoms. The second-order valence-corrected chi connectivity index (χ2v) is 8.60. The van der Waals surface area contributed by atoms with Crippen LogP contribution in [0.3, 0.4) is 0 Å². The molecule has 0 unspecified atom stereocenters. The fourth-order valence-electron chi connectivity index (χ4n) is 3.17. The van der Waals surface area contributed by atoms with Crippen molar-refractivity contribution >= 4 is 62.3 Å². The second-order valence-electron chi connectivity index (χ2n) is 7.16. The molecule has 8 nitrogen and oxygen atoms in total. The normalized spacial score (nSPS) is 10.8. The third-order valence-corrected chi connectivity index (χ3v) is 6.06. The summed E-state index contributed by atoms with van der Waals surface area (Å²) in [7, 11) is 0. The van der Waals surface area contributed by atoms with E-state index >= 15 is 0 Å². The number of carbonyl (C=O) groups is 3. The SMILES string of the molecule is CC(=O)Nc1ccc(NC(=O)COC(=O)c2cc3c(C)nn(-c4ccccc4Cl)c3s2)cc1. The van der Waals surface area contributed by atoms with Crippen LogP contribution in [0.25, 0.3) is 15.9 Å². The van der Waals surface area contributed by atoms with Gasteiger partial charge < -0.3 is 15.4 Å². The molecule has 0 radical (unpaired) electrons. The molecule has 0 saturated carbocycles. The minimum absolute atomic E-state index is 0.185. The number of halogens is 1. The highest BCUT2D eigenvalue weighted by atomic mass is 35.5. The number of thiophene rings is 1. The molecule has 2 aromatic carbocycles. The van der Waals surface area contributed by atoms with Crippen molar-refractivity contribution in [1.82, 2.24) is 9.78 Å². The molecule has 33 heavy (non-hydrogen) atoms. The number of amides is 2. The molecule has 0 aliphatic rings.